The van der Waals surface area contributed by atoms with Crippen LogP contribution in [0.3, 0.4) is 0 Å². The maximum Gasteiger partial charge on any atom is 0.237 e. The summed E-state index contributed by atoms with van der Waals surface area (Å²) in [6, 6.07) is 8.05. The molecule has 1 heterocycles. The van der Waals surface area contributed by atoms with E-state index in [4.69, 9.17) is 5.73 Å². The average Bonchev–Trinajstić information content (AvgIpc) is 2.65. The van der Waals surface area contributed by atoms with Crippen molar-refractivity contribution < 1.29 is 4.79 Å². The minimum absolute atomic E-state index is 0.229. The fourth-order valence-electron chi connectivity index (χ4n) is 2.02. The monoisotopic (exact) mass is 231 g/mol. The Morgan fingerprint density at radius 1 is 1.41 bits per heavy atom. The van der Waals surface area contributed by atoms with E-state index < -0.39 is 0 Å². The van der Waals surface area contributed by atoms with Crippen molar-refractivity contribution in [2.24, 2.45) is 5.73 Å². The van der Waals surface area contributed by atoms with Crippen molar-refractivity contribution in [3.8, 4) is 0 Å². The maximum atomic E-state index is 11.0. The first-order chi connectivity index (χ1) is 8.22. The highest BCUT2D eigenvalue weighted by atomic mass is 16.1. The highest BCUT2D eigenvalue weighted by Gasteiger charge is 2.08. The van der Waals surface area contributed by atoms with Crippen molar-refractivity contribution in [3.05, 3.63) is 36.0 Å². The van der Waals surface area contributed by atoms with Gasteiger partial charge in [-0.3, -0.25) is 4.79 Å². The molecule has 90 valence electrons. The Labute approximate surface area is 100 Å². The van der Waals surface area contributed by atoms with Crippen molar-refractivity contribution >= 4 is 16.8 Å². The van der Waals surface area contributed by atoms with Crippen LogP contribution in [-0.2, 0) is 17.9 Å². The number of carbonyl (C=O) groups excluding carboxylic acids is 1. The molecule has 2 rings (SSSR count). The van der Waals surface area contributed by atoms with Gasteiger partial charge in [0.2, 0.25) is 5.91 Å². The molecule has 0 aliphatic carbocycles. The molecule has 0 radical (unpaired) electrons. The molecule has 3 N–H and O–H groups in total. The van der Waals surface area contributed by atoms with Gasteiger partial charge in [0, 0.05) is 23.6 Å². The Balaban J connectivity index is 2.42. The number of primary amides is 1. The zero-order valence-electron chi connectivity index (χ0n) is 9.94. The Kier molecular flexibility index (Phi) is 3.44. The van der Waals surface area contributed by atoms with Crippen LogP contribution >= 0.6 is 0 Å². The van der Waals surface area contributed by atoms with E-state index in [0.29, 0.717) is 0 Å². The van der Waals surface area contributed by atoms with Crippen molar-refractivity contribution in [2.45, 2.75) is 20.0 Å². The summed E-state index contributed by atoms with van der Waals surface area (Å²) >= 11 is 0. The number of rotatable bonds is 5. The molecule has 0 bridgehead atoms. The number of hydrogen-bond acceptors (Lipinski definition) is 2. The van der Waals surface area contributed by atoms with E-state index in [1.54, 1.807) is 0 Å². The molecule has 1 amide bonds. The summed E-state index contributed by atoms with van der Waals surface area (Å²) < 4.78 is 1.91. The zero-order chi connectivity index (χ0) is 12.3. The molecule has 0 atom stereocenters. The van der Waals surface area contributed by atoms with Crippen molar-refractivity contribution in [3.63, 3.8) is 0 Å². The van der Waals surface area contributed by atoms with E-state index >= 15 is 0 Å². The predicted octanol–water partition coefficient (Wildman–Crippen LogP) is 1.24. The minimum atomic E-state index is -0.319. The SMILES string of the molecule is CCNCc1cn(CC(N)=O)c2ccccc12. The van der Waals surface area contributed by atoms with Crippen LogP contribution in [0.15, 0.2) is 30.5 Å². The number of benzene rings is 1. The molecule has 0 spiro atoms. The van der Waals surface area contributed by atoms with Gasteiger partial charge in [0.25, 0.3) is 0 Å². The highest BCUT2D eigenvalue weighted by Crippen LogP contribution is 2.21. The molecular formula is C13H17N3O. The third kappa shape index (κ3) is 2.47. The second-order valence-corrected chi connectivity index (χ2v) is 4.05. The molecule has 17 heavy (non-hydrogen) atoms. The topological polar surface area (TPSA) is 60.1 Å². The normalized spacial score (nSPS) is 10.9. The molecule has 0 saturated carbocycles. The first-order valence-electron chi connectivity index (χ1n) is 5.78. The third-order valence-corrected chi connectivity index (χ3v) is 2.76. The van der Waals surface area contributed by atoms with E-state index in [9.17, 15) is 4.79 Å². The van der Waals surface area contributed by atoms with Gasteiger partial charge in [0.05, 0.1) is 0 Å². The highest BCUT2D eigenvalue weighted by molar-refractivity contribution is 5.85. The minimum Gasteiger partial charge on any atom is -0.368 e. The van der Waals surface area contributed by atoms with E-state index in [0.717, 1.165) is 18.6 Å². The quantitative estimate of drug-likeness (QED) is 0.813. The number of nitrogens with one attached hydrogen (secondary N) is 1. The summed E-state index contributed by atoms with van der Waals surface area (Å²) in [6.07, 6.45) is 2.00. The van der Waals surface area contributed by atoms with Crippen LogP contribution in [-0.4, -0.2) is 17.0 Å². The molecule has 0 unspecified atom stereocenters. The smallest absolute Gasteiger partial charge is 0.237 e. The first kappa shape index (κ1) is 11.7. The van der Waals surface area contributed by atoms with Gasteiger partial charge in [0.15, 0.2) is 0 Å². The molecule has 0 fully saturated rings. The summed E-state index contributed by atoms with van der Waals surface area (Å²) in [5, 5.41) is 4.47. The van der Waals surface area contributed by atoms with Crippen LogP contribution in [0.1, 0.15) is 12.5 Å². The Morgan fingerprint density at radius 3 is 2.88 bits per heavy atom. The van der Waals surface area contributed by atoms with Gasteiger partial charge in [-0.15, -0.1) is 0 Å². The summed E-state index contributed by atoms with van der Waals surface area (Å²) in [4.78, 5) is 11.0. The Morgan fingerprint density at radius 2 is 2.18 bits per heavy atom. The number of amides is 1. The molecule has 0 aliphatic heterocycles. The van der Waals surface area contributed by atoms with Crippen LogP contribution in [0, 0.1) is 0 Å². The molecule has 1 aromatic heterocycles. The van der Waals surface area contributed by atoms with Crippen LogP contribution in [0.2, 0.25) is 0 Å². The van der Waals surface area contributed by atoms with Gasteiger partial charge in [-0.05, 0) is 18.2 Å². The number of fused-ring (bicyclic) bond motifs is 1. The number of hydrogen-bond donors (Lipinski definition) is 2. The van der Waals surface area contributed by atoms with Crippen molar-refractivity contribution in [2.75, 3.05) is 6.54 Å². The molecule has 4 nitrogen and oxygen atoms in total. The molecule has 4 heteroatoms. The number of carbonyl (C=O) groups is 1. The third-order valence-electron chi connectivity index (χ3n) is 2.76. The number of para-hydroxylation sites is 1. The lowest BCUT2D eigenvalue weighted by atomic mass is 10.2. The Hall–Kier alpha value is -1.81. The summed E-state index contributed by atoms with van der Waals surface area (Å²) in [7, 11) is 0. The molecule has 0 aliphatic rings. The first-order valence-corrected chi connectivity index (χ1v) is 5.78. The van der Waals surface area contributed by atoms with E-state index in [1.807, 2.05) is 29.0 Å². The molecule has 1 aromatic carbocycles. The Bertz CT molecular complexity index is 530. The van der Waals surface area contributed by atoms with Crippen LogP contribution in [0.25, 0.3) is 10.9 Å². The van der Waals surface area contributed by atoms with E-state index in [1.165, 1.54) is 10.9 Å². The maximum absolute atomic E-state index is 11.0. The van der Waals surface area contributed by atoms with Crippen LogP contribution < -0.4 is 11.1 Å². The van der Waals surface area contributed by atoms with Crippen LogP contribution in [0.4, 0.5) is 0 Å². The lowest BCUT2D eigenvalue weighted by molar-refractivity contribution is -0.118. The van der Waals surface area contributed by atoms with Crippen molar-refractivity contribution in [1.82, 2.24) is 9.88 Å². The van der Waals surface area contributed by atoms with Gasteiger partial charge in [-0.2, -0.15) is 0 Å². The van der Waals surface area contributed by atoms with Crippen LogP contribution in [0.5, 0.6) is 0 Å². The fourth-order valence-corrected chi connectivity index (χ4v) is 2.02. The second-order valence-electron chi connectivity index (χ2n) is 4.05. The van der Waals surface area contributed by atoms with Gasteiger partial charge < -0.3 is 15.6 Å². The molecule has 2 aromatic rings. The van der Waals surface area contributed by atoms with Gasteiger partial charge in [-0.1, -0.05) is 25.1 Å². The van der Waals surface area contributed by atoms with Crippen molar-refractivity contribution in [1.29, 1.82) is 0 Å². The van der Waals surface area contributed by atoms with Gasteiger partial charge >= 0.3 is 0 Å². The largest absolute Gasteiger partial charge is 0.368 e. The summed E-state index contributed by atoms with van der Waals surface area (Å²) in [5.74, 6) is -0.319. The second kappa shape index (κ2) is 5.01. The molecule has 0 saturated heterocycles. The number of aromatic nitrogens is 1. The van der Waals surface area contributed by atoms with E-state index in [2.05, 4.69) is 18.3 Å². The molecular weight excluding hydrogens is 214 g/mol. The summed E-state index contributed by atoms with van der Waals surface area (Å²) in [6.45, 7) is 4.04. The average molecular weight is 231 g/mol. The lowest BCUT2D eigenvalue weighted by Crippen LogP contribution is -2.18. The zero-order valence-corrected chi connectivity index (χ0v) is 9.94. The lowest BCUT2D eigenvalue weighted by Gasteiger charge is -2.00. The number of nitrogens with two attached hydrogens (primary N) is 1. The van der Waals surface area contributed by atoms with E-state index in [-0.39, 0.29) is 12.5 Å². The predicted molar refractivity (Wildman–Crippen MR) is 68.5 cm³/mol. The summed E-state index contributed by atoms with van der Waals surface area (Å²) in [5.41, 5.74) is 7.50. The number of nitrogens with zero attached hydrogens (tertiary/aromatic N) is 1. The van der Waals surface area contributed by atoms with Gasteiger partial charge in [-0.25, -0.2) is 0 Å². The van der Waals surface area contributed by atoms with Gasteiger partial charge in [0.1, 0.15) is 6.54 Å². The standard InChI is InChI=1S/C13H17N3O/c1-2-15-7-10-8-16(9-13(14)17)12-6-4-3-5-11(10)12/h3-6,8,15H,2,7,9H2,1H3,(H2,14,17). The fraction of sp³-hybridized carbons (Fsp3) is 0.308.